The van der Waals surface area contributed by atoms with Gasteiger partial charge in [0.15, 0.2) is 0 Å². The van der Waals surface area contributed by atoms with Crippen molar-refractivity contribution in [1.82, 2.24) is 0 Å². The van der Waals surface area contributed by atoms with Crippen molar-refractivity contribution in [1.29, 1.82) is 0 Å². The smallest absolute Gasteiger partial charge is 0.335 e. The van der Waals surface area contributed by atoms with Crippen molar-refractivity contribution >= 4 is 7.60 Å². The number of nitrogens with two attached hydrogens (primary N) is 1. The summed E-state index contributed by atoms with van der Waals surface area (Å²) in [6.45, 7) is 5.79. The van der Waals surface area contributed by atoms with Gasteiger partial charge in [0.1, 0.15) is 0 Å². The summed E-state index contributed by atoms with van der Waals surface area (Å²) in [4.78, 5) is 19.5. The molecule has 0 spiro atoms. The van der Waals surface area contributed by atoms with Gasteiger partial charge in [-0.2, -0.15) is 0 Å². The van der Waals surface area contributed by atoms with Crippen molar-refractivity contribution in [2.24, 2.45) is 5.73 Å². The number of hydrogen-bond acceptors (Lipinski definition) is 3. The first-order chi connectivity index (χ1) is 8.80. The first kappa shape index (κ1) is 18.7. The van der Waals surface area contributed by atoms with Crippen LogP contribution in [0.2, 0.25) is 0 Å². The Labute approximate surface area is 116 Å². The number of unbranched alkanes of at least 4 members (excludes halogenated alkanes) is 1. The van der Waals surface area contributed by atoms with E-state index in [0.717, 1.165) is 12.8 Å². The standard InChI is InChI=1S/C13H28NO4P/c1-4-7-8-11(12(15)9-10-14)13(5-2,6-3)19(16,17)18/h15H,4-10,14H2,1-3H3,(H2,16,17,18). The van der Waals surface area contributed by atoms with E-state index in [1.54, 1.807) is 13.8 Å². The Morgan fingerprint density at radius 2 is 1.68 bits per heavy atom. The second kappa shape index (κ2) is 8.05. The number of rotatable bonds is 9. The molecule has 0 fully saturated rings. The van der Waals surface area contributed by atoms with Crippen molar-refractivity contribution in [3.8, 4) is 0 Å². The van der Waals surface area contributed by atoms with E-state index in [4.69, 9.17) is 5.73 Å². The van der Waals surface area contributed by atoms with Gasteiger partial charge in [-0.3, -0.25) is 4.57 Å². The molecule has 0 saturated carbocycles. The molecule has 0 bridgehead atoms. The molecule has 19 heavy (non-hydrogen) atoms. The van der Waals surface area contributed by atoms with Crippen LogP contribution in [0, 0.1) is 0 Å². The molecule has 5 N–H and O–H groups in total. The van der Waals surface area contributed by atoms with E-state index in [9.17, 15) is 19.5 Å². The SMILES string of the molecule is CCCCC(=C(O)CCN)C(CC)(CC)P(=O)(O)O. The number of aliphatic hydroxyl groups excluding tert-OH is 1. The summed E-state index contributed by atoms with van der Waals surface area (Å²) in [6.07, 6.45) is 3.09. The van der Waals surface area contributed by atoms with Crippen molar-refractivity contribution in [3.63, 3.8) is 0 Å². The summed E-state index contributed by atoms with van der Waals surface area (Å²) in [5.41, 5.74) is 5.94. The second-order valence-electron chi connectivity index (χ2n) is 4.85. The fourth-order valence-corrected chi connectivity index (χ4v) is 3.97. The van der Waals surface area contributed by atoms with Gasteiger partial charge >= 0.3 is 7.60 Å². The molecule has 0 aliphatic rings. The van der Waals surface area contributed by atoms with Crippen molar-refractivity contribution in [3.05, 3.63) is 11.3 Å². The topological polar surface area (TPSA) is 104 Å². The van der Waals surface area contributed by atoms with Crippen LogP contribution in [-0.2, 0) is 4.57 Å². The molecule has 0 atom stereocenters. The van der Waals surface area contributed by atoms with Gasteiger partial charge in [-0.05, 0) is 37.8 Å². The highest BCUT2D eigenvalue weighted by Crippen LogP contribution is 2.59. The fourth-order valence-electron chi connectivity index (χ4n) is 2.55. The number of allylic oxidation sites excluding steroid dienone is 1. The lowest BCUT2D eigenvalue weighted by Crippen LogP contribution is -2.31. The maximum absolute atomic E-state index is 11.9. The summed E-state index contributed by atoms with van der Waals surface area (Å²) in [5, 5.41) is 8.90. The average molecular weight is 293 g/mol. The van der Waals surface area contributed by atoms with Gasteiger partial charge in [0.25, 0.3) is 0 Å². The van der Waals surface area contributed by atoms with Gasteiger partial charge < -0.3 is 20.6 Å². The highest BCUT2D eigenvalue weighted by atomic mass is 31.2. The van der Waals surface area contributed by atoms with E-state index >= 15 is 0 Å². The Kier molecular flexibility index (Phi) is 7.90. The monoisotopic (exact) mass is 293 g/mol. The maximum atomic E-state index is 11.9. The molecule has 0 saturated heterocycles. The quantitative estimate of drug-likeness (QED) is 0.386. The zero-order chi connectivity index (χ0) is 15.1. The van der Waals surface area contributed by atoms with Crippen LogP contribution in [0.4, 0.5) is 0 Å². The maximum Gasteiger partial charge on any atom is 0.335 e. The third-order valence-electron chi connectivity index (χ3n) is 3.80. The molecule has 0 aromatic carbocycles. The third-order valence-corrected chi connectivity index (χ3v) is 5.82. The molecule has 0 heterocycles. The Bertz CT molecular complexity index is 345. The average Bonchev–Trinajstić information content (AvgIpc) is 2.33. The van der Waals surface area contributed by atoms with E-state index in [1.165, 1.54) is 0 Å². The second-order valence-corrected chi connectivity index (χ2v) is 6.79. The molecule has 6 heteroatoms. The van der Waals surface area contributed by atoms with Crippen molar-refractivity contribution in [2.75, 3.05) is 6.54 Å². The lowest BCUT2D eigenvalue weighted by molar-refractivity contribution is 0.311. The summed E-state index contributed by atoms with van der Waals surface area (Å²) in [7, 11) is -4.34. The zero-order valence-corrected chi connectivity index (χ0v) is 13.1. The fraction of sp³-hybridized carbons (Fsp3) is 0.846. The van der Waals surface area contributed by atoms with Crippen LogP contribution < -0.4 is 5.73 Å². The lowest BCUT2D eigenvalue weighted by Gasteiger charge is -2.35. The minimum absolute atomic E-state index is 0.0583. The van der Waals surface area contributed by atoms with Crippen LogP contribution in [0.25, 0.3) is 0 Å². The number of aliphatic hydroxyl groups is 1. The van der Waals surface area contributed by atoms with Gasteiger partial charge in [-0.25, -0.2) is 0 Å². The Balaban J connectivity index is 5.76. The van der Waals surface area contributed by atoms with Crippen molar-refractivity contribution in [2.45, 2.75) is 64.5 Å². The van der Waals surface area contributed by atoms with Crippen molar-refractivity contribution < 1.29 is 19.5 Å². The molecule has 0 aliphatic carbocycles. The van der Waals surface area contributed by atoms with E-state index in [0.29, 0.717) is 24.8 Å². The third kappa shape index (κ3) is 4.32. The first-order valence-electron chi connectivity index (χ1n) is 6.97. The molecule has 0 aromatic rings. The molecule has 114 valence electrons. The highest BCUT2D eigenvalue weighted by Gasteiger charge is 2.47. The van der Waals surface area contributed by atoms with E-state index < -0.39 is 12.8 Å². The van der Waals surface area contributed by atoms with E-state index in [2.05, 4.69) is 0 Å². The van der Waals surface area contributed by atoms with Crippen LogP contribution in [-0.4, -0.2) is 26.6 Å². The summed E-state index contributed by atoms with van der Waals surface area (Å²) in [6, 6.07) is 0. The largest absolute Gasteiger partial charge is 0.512 e. The van der Waals surface area contributed by atoms with E-state index in [1.807, 2.05) is 6.92 Å². The summed E-state index contributed by atoms with van der Waals surface area (Å²) in [5.74, 6) is 0.0583. The predicted octanol–water partition coefficient (Wildman–Crippen LogP) is 3.07. The van der Waals surface area contributed by atoms with E-state index in [-0.39, 0.29) is 18.7 Å². The highest BCUT2D eigenvalue weighted by molar-refractivity contribution is 7.53. The first-order valence-corrected chi connectivity index (χ1v) is 8.59. The molecule has 0 aliphatic heterocycles. The molecular formula is C13H28NO4P. The zero-order valence-electron chi connectivity index (χ0n) is 12.2. The summed E-state index contributed by atoms with van der Waals surface area (Å²) < 4.78 is 11.9. The predicted molar refractivity (Wildman–Crippen MR) is 78.2 cm³/mol. The van der Waals surface area contributed by atoms with Gasteiger partial charge in [-0.15, -0.1) is 0 Å². The molecule has 0 rings (SSSR count). The molecule has 0 amide bonds. The lowest BCUT2D eigenvalue weighted by atomic mass is 9.87. The normalized spacial score (nSPS) is 14.4. The summed E-state index contributed by atoms with van der Waals surface area (Å²) >= 11 is 0. The molecule has 0 unspecified atom stereocenters. The van der Waals surface area contributed by atoms with Crippen LogP contribution in [0.5, 0.6) is 0 Å². The van der Waals surface area contributed by atoms with Gasteiger partial charge in [-0.1, -0.05) is 27.2 Å². The molecule has 0 aromatic heterocycles. The van der Waals surface area contributed by atoms with Gasteiger partial charge in [0.05, 0.1) is 10.9 Å². The van der Waals surface area contributed by atoms with Crippen LogP contribution >= 0.6 is 7.60 Å². The molecular weight excluding hydrogens is 265 g/mol. The Morgan fingerprint density at radius 1 is 1.16 bits per heavy atom. The van der Waals surface area contributed by atoms with Crippen LogP contribution in [0.1, 0.15) is 59.3 Å². The molecule has 5 nitrogen and oxygen atoms in total. The molecule has 0 radical (unpaired) electrons. The Hall–Kier alpha value is -0.350. The van der Waals surface area contributed by atoms with Gasteiger partial charge in [0.2, 0.25) is 0 Å². The van der Waals surface area contributed by atoms with Crippen LogP contribution in [0.3, 0.4) is 0 Å². The minimum atomic E-state index is -4.34. The van der Waals surface area contributed by atoms with Gasteiger partial charge in [0, 0.05) is 6.42 Å². The number of hydrogen-bond donors (Lipinski definition) is 4. The minimum Gasteiger partial charge on any atom is -0.512 e. The van der Waals surface area contributed by atoms with Crippen LogP contribution in [0.15, 0.2) is 11.3 Å². The Morgan fingerprint density at radius 3 is 2.00 bits per heavy atom.